The number of para-hydroxylation sites is 1. The van der Waals surface area contributed by atoms with E-state index in [0.29, 0.717) is 6.04 Å². The molecular formula is C15H21ClN4. The van der Waals surface area contributed by atoms with Gasteiger partial charge in [0.15, 0.2) is 0 Å². The second-order valence-electron chi connectivity index (χ2n) is 5.31. The van der Waals surface area contributed by atoms with Gasteiger partial charge in [-0.1, -0.05) is 17.7 Å². The normalized spacial score (nSPS) is 10.9. The Kier molecular flexibility index (Phi) is 4.55. The molecule has 2 rings (SSSR count). The topological polar surface area (TPSA) is 33.1 Å². The highest BCUT2D eigenvalue weighted by atomic mass is 35.5. The van der Waals surface area contributed by atoms with Crippen molar-refractivity contribution in [1.82, 2.24) is 9.78 Å². The van der Waals surface area contributed by atoms with Crippen LogP contribution in [0.4, 0.5) is 11.4 Å². The summed E-state index contributed by atoms with van der Waals surface area (Å²) in [6, 6.07) is 6.27. The lowest BCUT2D eigenvalue weighted by Gasteiger charge is -2.19. The predicted molar refractivity (Wildman–Crippen MR) is 85.7 cm³/mol. The van der Waals surface area contributed by atoms with Gasteiger partial charge in [0.05, 0.1) is 22.6 Å². The van der Waals surface area contributed by atoms with E-state index in [9.17, 15) is 0 Å². The van der Waals surface area contributed by atoms with Gasteiger partial charge < -0.3 is 10.2 Å². The zero-order valence-corrected chi connectivity index (χ0v) is 13.1. The number of nitrogens with zero attached hydrogens (tertiary/aromatic N) is 3. The number of benzene rings is 1. The van der Waals surface area contributed by atoms with E-state index in [-0.39, 0.29) is 0 Å². The Hall–Kier alpha value is -1.68. The molecule has 0 saturated carbocycles. The van der Waals surface area contributed by atoms with Gasteiger partial charge in [-0.3, -0.25) is 4.68 Å². The predicted octanol–water partition coefficient (Wildman–Crippen LogP) is 3.80. The van der Waals surface area contributed by atoms with Crippen molar-refractivity contribution in [2.75, 3.05) is 24.3 Å². The fraction of sp³-hybridized carbons (Fsp3) is 0.400. The molecule has 1 aromatic heterocycles. The average molecular weight is 293 g/mol. The van der Waals surface area contributed by atoms with Crippen molar-refractivity contribution in [3.05, 3.63) is 41.2 Å². The van der Waals surface area contributed by atoms with Crippen LogP contribution in [0, 0.1) is 0 Å². The lowest BCUT2D eigenvalue weighted by atomic mass is 10.2. The Bertz CT molecular complexity index is 575. The van der Waals surface area contributed by atoms with Crippen LogP contribution in [0.15, 0.2) is 30.6 Å². The van der Waals surface area contributed by atoms with Gasteiger partial charge in [-0.25, -0.2) is 0 Å². The molecule has 108 valence electrons. The van der Waals surface area contributed by atoms with Crippen LogP contribution in [-0.4, -0.2) is 23.9 Å². The number of rotatable bonds is 5. The van der Waals surface area contributed by atoms with Gasteiger partial charge in [0.25, 0.3) is 0 Å². The largest absolute Gasteiger partial charge is 0.379 e. The zero-order valence-electron chi connectivity index (χ0n) is 12.4. The maximum absolute atomic E-state index is 6.25. The second kappa shape index (κ2) is 6.18. The van der Waals surface area contributed by atoms with Gasteiger partial charge in [-0.05, 0) is 26.0 Å². The SMILES string of the molecule is CC(C)n1cc(CNc2cccc(Cl)c2N(C)C)cn1. The summed E-state index contributed by atoms with van der Waals surface area (Å²) in [7, 11) is 3.98. The summed E-state index contributed by atoms with van der Waals surface area (Å²) < 4.78 is 1.96. The highest BCUT2D eigenvalue weighted by Crippen LogP contribution is 2.32. The molecule has 20 heavy (non-hydrogen) atoms. The van der Waals surface area contributed by atoms with Gasteiger partial charge in [-0.15, -0.1) is 0 Å². The quantitative estimate of drug-likeness (QED) is 0.910. The molecule has 2 aromatic rings. The number of hydrogen-bond donors (Lipinski definition) is 1. The summed E-state index contributed by atoms with van der Waals surface area (Å²) in [4.78, 5) is 2.02. The molecule has 1 aromatic carbocycles. The van der Waals surface area contributed by atoms with Crippen molar-refractivity contribution in [2.24, 2.45) is 0 Å². The first-order valence-electron chi connectivity index (χ1n) is 6.71. The number of halogens is 1. The summed E-state index contributed by atoms with van der Waals surface area (Å²) in [6.07, 6.45) is 3.96. The molecule has 0 atom stereocenters. The number of aromatic nitrogens is 2. The van der Waals surface area contributed by atoms with Gasteiger partial charge in [0.1, 0.15) is 0 Å². The van der Waals surface area contributed by atoms with Crippen LogP contribution >= 0.6 is 11.6 Å². The van der Waals surface area contributed by atoms with E-state index < -0.39 is 0 Å². The summed E-state index contributed by atoms with van der Waals surface area (Å²) in [5.74, 6) is 0. The standard InChI is InChI=1S/C15H21ClN4/c1-11(2)20-10-12(9-18-20)8-17-14-7-5-6-13(16)15(14)19(3)4/h5-7,9-11,17H,8H2,1-4H3. The van der Waals surface area contributed by atoms with Crippen molar-refractivity contribution in [1.29, 1.82) is 0 Å². The summed E-state index contributed by atoms with van der Waals surface area (Å²) in [6.45, 7) is 4.96. The van der Waals surface area contributed by atoms with Crippen molar-refractivity contribution in [3.63, 3.8) is 0 Å². The Balaban J connectivity index is 2.12. The average Bonchev–Trinajstić information content (AvgIpc) is 2.84. The van der Waals surface area contributed by atoms with Crippen molar-refractivity contribution in [3.8, 4) is 0 Å². The highest BCUT2D eigenvalue weighted by Gasteiger charge is 2.09. The minimum Gasteiger partial charge on any atom is -0.379 e. The molecule has 0 fully saturated rings. The first-order chi connectivity index (χ1) is 9.49. The number of hydrogen-bond acceptors (Lipinski definition) is 3. The maximum atomic E-state index is 6.25. The van der Waals surface area contributed by atoms with Crippen molar-refractivity contribution in [2.45, 2.75) is 26.4 Å². The number of anilines is 2. The molecular weight excluding hydrogens is 272 g/mol. The summed E-state index contributed by atoms with van der Waals surface area (Å²) in [5.41, 5.74) is 3.19. The van der Waals surface area contributed by atoms with Crippen molar-refractivity contribution < 1.29 is 0 Å². The third kappa shape index (κ3) is 3.25. The molecule has 1 heterocycles. The third-order valence-corrected chi connectivity index (χ3v) is 3.41. The lowest BCUT2D eigenvalue weighted by Crippen LogP contribution is -2.12. The molecule has 4 nitrogen and oxygen atoms in total. The maximum Gasteiger partial charge on any atom is 0.0786 e. The first kappa shape index (κ1) is 14.7. The van der Waals surface area contributed by atoms with Gasteiger partial charge in [-0.2, -0.15) is 5.10 Å². The van der Waals surface area contributed by atoms with Gasteiger partial charge >= 0.3 is 0 Å². The molecule has 0 radical (unpaired) electrons. The van der Waals surface area contributed by atoms with Crippen LogP contribution in [0.3, 0.4) is 0 Å². The van der Waals surface area contributed by atoms with E-state index in [2.05, 4.69) is 30.5 Å². The molecule has 1 N–H and O–H groups in total. The zero-order chi connectivity index (χ0) is 14.7. The molecule has 5 heteroatoms. The van der Waals surface area contributed by atoms with Crippen LogP contribution in [0.2, 0.25) is 5.02 Å². The van der Waals surface area contributed by atoms with Crippen LogP contribution in [0.5, 0.6) is 0 Å². The molecule has 0 saturated heterocycles. The molecule has 0 bridgehead atoms. The fourth-order valence-corrected chi connectivity index (χ4v) is 2.40. The lowest BCUT2D eigenvalue weighted by molar-refractivity contribution is 0.532. The summed E-state index contributed by atoms with van der Waals surface area (Å²) >= 11 is 6.25. The smallest absolute Gasteiger partial charge is 0.0786 e. The van der Waals surface area contributed by atoms with E-state index in [1.807, 2.05) is 48.1 Å². The molecule has 0 unspecified atom stereocenters. The molecule has 0 aliphatic rings. The van der Waals surface area contributed by atoms with Crippen LogP contribution in [-0.2, 0) is 6.54 Å². The van der Waals surface area contributed by atoms with E-state index in [1.54, 1.807) is 0 Å². The molecule has 0 aliphatic carbocycles. The van der Waals surface area contributed by atoms with E-state index in [1.165, 1.54) is 0 Å². The highest BCUT2D eigenvalue weighted by molar-refractivity contribution is 6.34. The minimum absolute atomic E-state index is 0.382. The monoisotopic (exact) mass is 292 g/mol. The fourth-order valence-electron chi connectivity index (χ4n) is 2.06. The first-order valence-corrected chi connectivity index (χ1v) is 7.09. The molecule has 0 spiro atoms. The molecule has 0 aliphatic heterocycles. The van der Waals surface area contributed by atoms with E-state index in [0.717, 1.165) is 28.5 Å². The Morgan fingerprint density at radius 3 is 2.70 bits per heavy atom. The van der Waals surface area contributed by atoms with Crippen molar-refractivity contribution >= 4 is 23.0 Å². The Morgan fingerprint density at radius 1 is 1.35 bits per heavy atom. The summed E-state index contributed by atoms with van der Waals surface area (Å²) in [5, 5.41) is 8.52. The van der Waals surface area contributed by atoms with E-state index >= 15 is 0 Å². The Morgan fingerprint density at radius 2 is 2.10 bits per heavy atom. The van der Waals surface area contributed by atoms with Gasteiger partial charge in [0.2, 0.25) is 0 Å². The minimum atomic E-state index is 0.382. The Labute approximate surface area is 125 Å². The van der Waals surface area contributed by atoms with Crippen LogP contribution in [0.25, 0.3) is 0 Å². The number of nitrogens with one attached hydrogen (secondary N) is 1. The third-order valence-electron chi connectivity index (χ3n) is 3.10. The second-order valence-corrected chi connectivity index (χ2v) is 5.71. The van der Waals surface area contributed by atoms with E-state index in [4.69, 9.17) is 11.6 Å². The molecule has 0 amide bonds. The van der Waals surface area contributed by atoms with Crippen LogP contribution < -0.4 is 10.2 Å². The van der Waals surface area contributed by atoms with Crippen LogP contribution in [0.1, 0.15) is 25.5 Å². The van der Waals surface area contributed by atoms with Gasteiger partial charge in [0, 0.05) is 38.4 Å².